The molecule has 148 valence electrons. The fourth-order valence-electron chi connectivity index (χ4n) is 3.97. The Morgan fingerprint density at radius 3 is 2.65 bits per heavy atom. The number of ether oxygens (including phenoxy) is 2. The molecule has 0 aromatic carbocycles. The molecule has 0 radical (unpaired) electrons. The van der Waals surface area contributed by atoms with Gasteiger partial charge in [0.2, 0.25) is 11.8 Å². The number of methoxy groups -OCH3 is 1. The summed E-state index contributed by atoms with van der Waals surface area (Å²) in [6.45, 7) is 3.53. The van der Waals surface area contributed by atoms with E-state index in [1.807, 2.05) is 0 Å². The van der Waals surface area contributed by atoms with E-state index in [-0.39, 0.29) is 30.1 Å². The molecule has 7 nitrogen and oxygen atoms in total. The van der Waals surface area contributed by atoms with Crippen molar-refractivity contribution in [3.63, 3.8) is 0 Å². The van der Waals surface area contributed by atoms with Crippen LogP contribution in [-0.4, -0.2) is 61.6 Å². The first-order chi connectivity index (χ1) is 12.5. The molecule has 2 fully saturated rings. The van der Waals surface area contributed by atoms with Gasteiger partial charge in [-0.2, -0.15) is 0 Å². The molecule has 1 saturated carbocycles. The maximum atomic E-state index is 12.9. The highest BCUT2D eigenvalue weighted by atomic mass is 16.5. The molecule has 0 bridgehead atoms. The Labute approximate surface area is 155 Å². The van der Waals surface area contributed by atoms with Gasteiger partial charge in [-0.05, 0) is 26.2 Å². The molecule has 0 aromatic heterocycles. The quantitative estimate of drug-likeness (QED) is 0.659. The molecule has 2 amide bonds. The molecule has 2 rings (SSSR count). The number of carbonyl (C=O) groups excluding carboxylic acids is 3. The van der Waals surface area contributed by atoms with Gasteiger partial charge in [0, 0.05) is 26.6 Å². The summed E-state index contributed by atoms with van der Waals surface area (Å²) in [5.74, 6) is -0.461. The second-order valence-electron chi connectivity index (χ2n) is 7.38. The number of piperidine rings is 1. The summed E-state index contributed by atoms with van der Waals surface area (Å²) in [5, 5.41) is 3.17. The Bertz CT molecular complexity index is 502. The lowest BCUT2D eigenvalue weighted by Gasteiger charge is -2.40. The number of likely N-dealkylation sites (tertiary alicyclic amines) is 1. The summed E-state index contributed by atoms with van der Waals surface area (Å²) < 4.78 is 10.2. The van der Waals surface area contributed by atoms with Crippen LogP contribution in [0.5, 0.6) is 0 Å². The SMILES string of the molecule is CCOC(=O)CC1(NC(=O)[C@@H]2CCC(=O)N(CCOC)C2)CCCCC1. The van der Waals surface area contributed by atoms with Crippen LogP contribution >= 0.6 is 0 Å². The molecule has 1 N–H and O–H groups in total. The van der Waals surface area contributed by atoms with Crippen LogP contribution in [0.4, 0.5) is 0 Å². The number of nitrogens with zero attached hydrogens (tertiary/aromatic N) is 1. The lowest BCUT2D eigenvalue weighted by molar-refractivity contribution is -0.146. The zero-order valence-electron chi connectivity index (χ0n) is 16.1. The highest BCUT2D eigenvalue weighted by molar-refractivity contribution is 5.85. The Morgan fingerprint density at radius 2 is 2.00 bits per heavy atom. The second kappa shape index (κ2) is 9.90. The van der Waals surface area contributed by atoms with E-state index in [1.54, 1.807) is 18.9 Å². The van der Waals surface area contributed by atoms with Crippen molar-refractivity contribution in [2.45, 2.75) is 63.8 Å². The highest BCUT2D eigenvalue weighted by Gasteiger charge is 2.39. The van der Waals surface area contributed by atoms with E-state index in [4.69, 9.17) is 9.47 Å². The minimum Gasteiger partial charge on any atom is -0.466 e. The standard InChI is InChI=1S/C19H32N2O5/c1-3-26-17(23)13-19(9-5-4-6-10-19)20-18(24)15-7-8-16(22)21(14-15)11-12-25-2/h15H,3-14H2,1-2H3,(H,20,24)/t15-/m1/s1. The molecular weight excluding hydrogens is 336 g/mol. The summed E-state index contributed by atoms with van der Waals surface area (Å²) in [6.07, 6.45) is 5.91. The van der Waals surface area contributed by atoms with Gasteiger partial charge in [-0.15, -0.1) is 0 Å². The fourth-order valence-corrected chi connectivity index (χ4v) is 3.97. The van der Waals surface area contributed by atoms with Crippen LogP contribution in [0, 0.1) is 5.92 Å². The van der Waals surface area contributed by atoms with Crippen LogP contribution in [0.25, 0.3) is 0 Å². The number of hydrogen-bond acceptors (Lipinski definition) is 5. The maximum Gasteiger partial charge on any atom is 0.308 e. The Morgan fingerprint density at radius 1 is 1.27 bits per heavy atom. The first-order valence-electron chi connectivity index (χ1n) is 9.74. The molecule has 1 heterocycles. The van der Waals surface area contributed by atoms with E-state index < -0.39 is 5.54 Å². The molecule has 1 saturated heterocycles. The lowest BCUT2D eigenvalue weighted by atomic mass is 9.78. The predicted octanol–water partition coefficient (Wildman–Crippen LogP) is 1.64. The third-order valence-corrected chi connectivity index (χ3v) is 5.42. The van der Waals surface area contributed by atoms with Gasteiger partial charge >= 0.3 is 5.97 Å². The minimum absolute atomic E-state index is 0.0499. The third kappa shape index (κ3) is 5.69. The minimum atomic E-state index is -0.500. The largest absolute Gasteiger partial charge is 0.466 e. The van der Waals surface area contributed by atoms with Crippen LogP contribution in [0.3, 0.4) is 0 Å². The van der Waals surface area contributed by atoms with Crippen molar-refractivity contribution < 1.29 is 23.9 Å². The van der Waals surface area contributed by atoms with E-state index in [9.17, 15) is 14.4 Å². The number of rotatable bonds is 8. The van der Waals surface area contributed by atoms with Gasteiger partial charge in [0.25, 0.3) is 0 Å². The molecule has 1 aliphatic carbocycles. The Hall–Kier alpha value is -1.63. The molecule has 0 spiro atoms. The van der Waals surface area contributed by atoms with E-state index in [2.05, 4.69) is 5.32 Å². The summed E-state index contributed by atoms with van der Waals surface area (Å²) in [4.78, 5) is 38.7. The molecule has 26 heavy (non-hydrogen) atoms. The molecular formula is C19H32N2O5. The average molecular weight is 368 g/mol. The van der Waals surface area contributed by atoms with Gasteiger partial charge in [-0.3, -0.25) is 14.4 Å². The molecule has 2 aliphatic rings. The van der Waals surface area contributed by atoms with E-state index in [0.717, 1.165) is 32.1 Å². The molecule has 0 aromatic rings. The average Bonchev–Trinajstić information content (AvgIpc) is 2.61. The van der Waals surface area contributed by atoms with Gasteiger partial charge in [-0.25, -0.2) is 0 Å². The summed E-state index contributed by atoms with van der Waals surface area (Å²) in [7, 11) is 1.60. The zero-order chi connectivity index (χ0) is 19.0. The molecule has 1 aliphatic heterocycles. The monoisotopic (exact) mass is 368 g/mol. The van der Waals surface area contributed by atoms with Crippen molar-refractivity contribution in [1.29, 1.82) is 0 Å². The smallest absolute Gasteiger partial charge is 0.308 e. The van der Waals surface area contributed by atoms with E-state index in [0.29, 0.717) is 39.1 Å². The number of amides is 2. The van der Waals surface area contributed by atoms with Gasteiger partial charge < -0.3 is 19.7 Å². The van der Waals surface area contributed by atoms with Crippen molar-refractivity contribution in [3.05, 3.63) is 0 Å². The predicted molar refractivity (Wildman–Crippen MR) is 96.4 cm³/mol. The van der Waals surface area contributed by atoms with Crippen molar-refractivity contribution in [2.75, 3.05) is 33.4 Å². The highest BCUT2D eigenvalue weighted by Crippen LogP contribution is 2.32. The van der Waals surface area contributed by atoms with Crippen molar-refractivity contribution in [2.24, 2.45) is 5.92 Å². The maximum absolute atomic E-state index is 12.9. The number of hydrogen-bond donors (Lipinski definition) is 1. The third-order valence-electron chi connectivity index (χ3n) is 5.42. The Balaban J connectivity index is 1.99. The lowest BCUT2D eigenvalue weighted by Crippen LogP contribution is -2.55. The van der Waals surface area contributed by atoms with Crippen molar-refractivity contribution >= 4 is 17.8 Å². The van der Waals surface area contributed by atoms with Crippen LogP contribution in [0.2, 0.25) is 0 Å². The summed E-state index contributed by atoms with van der Waals surface area (Å²) in [6, 6.07) is 0. The summed E-state index contributed by atoms with van der Waals surface area (Å²) in [5.41, 5.74) is -0.500. The first-order valence-corrected chi connectivity index (χ1v) is 9.74. The van der Waals surface area contributed by atoms with E-state index >= 15 is 0 Å². The van der Waals surface area contributed by atoms with Crippen LogP contribution in [-0.2, 0) is 23.9 Å². The molecule has 1 atom stereocenters. The number of carbonyl (C=O) groups is 3. The fraction of sp³-hybridized carbons (Fsp3) is 0.842. The molecule has 7 heteroatoms. The number of esters is 1. The van der Waals surface area contributed by atoms with Gasteiger partial charge in [0.15, 0.2) is 0 Å². The van der Waals surface area contributed by atoms with Crippen LogP contribution in [0.15, 0.2) is 0 Å². The van der Waals surface area contributed by atoms with E-state index in [1.165, 1.54) is 0 Å². The van der Waals surface area contributed by atoms with Crippen molar-refractivity contribution in [3.8, 4) is 0 Å². The van der Waals surface area contributed by atoms with Crippen molar-refractivity contribution in [1.82, 2.24) is 10.2 Å². The van der Waals surface area contributed by atoms with Crippen LogP contribution in [0.1, 0.15) is 58.3 Å². The second-order valence-corrected chi connectivity index (χ2v) is 7.38. The van der Waals surface area contributed by atoms with Gasteiger partial charge in [-0.1, -0.05) is 19.3 Å². The first kappa shape index (κ1) is 20.7. The van der Waals surface area contributed by atoms with Gasteiger partial charge in [0.05, 0.1) is 31.1 Å². The zero-order valence-corrected chi connectivity index (χ0v) is 16.1. The summed E-state index contributed by atoms with van der Waals surface area (Å²) >= 11 is 0. The van der Waals surface area contributed by atoms with Gasteiger partial charge in [0.1, 0.15) is 0 Å². The normalized spacial score (nSPS) is 22.8. The number of nitrogens with one attached hydrogen (secondary N) is 1. The topological polar surface area (TPSA) is 84.9 Å². The molecule has 0 unspecified atom stereocenters. The Kier molecular flexibility index (Phi) is 7.87. The van der Waals surface area contributed by atoms with Crippen LogP contribution < -0.4 is 5.32 Å².